The average molecular weight is 264 g/mol. The first kappa shape index (κ1) is 14.1. The number of hydrogen-bond acceptors (Lipinski definition) is 5. The Balaban J connectivity index is 2.38. The van der Waals surface area contributed by atoms with Crippen molar-refractivity contribution in [2.45, 2.75) is 46.3 Å². The van der Waals surface area contributed by atoms with Gasteiger partial charge in [-0.05, 0) is 34.6 Å². The van der Waals surface area contributed by atoms with Crippen LogP contribution in [0.5, 0.6) is 0 Å². The lowest BCUT2D eigenvalue weighted by molar-refractivity contribution is -0.0752. The van der Waals surface area contributed by atoms with Crippen molar-refractivity contribution in [3.63, 3.8) is 0 Å². The molecule has 1 unspecified atom stereocenters. The number of aryl methyl sites for hydroxylation is 1. The van der Waals surface area contributed by atoms with Crippen LogP contribution in [0, 0.1) is 13.8 Å². The van der Waals surface area contributed by atoms with Gasteiger partial charge in [0.15, 0.2) is 0 Å². The van der Waals surface area contributed by atoms with Gasteiger partial charge in [-0.25, -0.2) is 9.97 Å². The van der Waals surface area contributed by atoms with Gasteiger partial charge < -0.3 is 15.0 Å². The van der Waals surface area contributed by atoms with Crippen LogP contribution in [0.25, 0.3) is 0 Å². The van der Waals surface area contributed by atoms with Gasteiger partial charge >= 0.3 is 0 Å². The lowest BCUT2D eigenvalue weighted by Crippen LogP contribution is -2.52. The van der Waals surface area contributed by atoms with Gasteiger partial charge in [-0.3, -0.25) is 0 Å². The van der Waals surface area contributed by atoms with Gasteiger partial charge in [0.1, 0.15) is 17.5 Å². The summed E-state index contributed by atoms with van der Waals surface area (Å²) in [7, 11) is 1.89. The lowest BCUT2D eigenvalue weighted by Gasteiger charge is -2.42. The van der Waals surface area contributed by atoms with Gasteiger partial charge in [-0.15, -0.1) is 0 Å². The highest BCUT2D eigenvalue weighted by atomic mass is 16.5. The third-order valence-corrected chi connectivity index (χ3v) is 3.34. The van der Waals surface area contributed by atoms with Crippen LogP contribution in [-0.4, -0.2) is 41.8 Å². The van der Waals surface area contributed by atoms with E-state index in [4.69, 9.17) is 4.74 Å². The molecule has 2 heterocycles. The second-order valence-corrected chi connectivity index (χ2v) is 5.89. The molecule has 1 N–H and O–H groups in total. The zero-order chi connectivity index (χ0) is 14.2. The number of aromatic nitrogens is 2. The quantitative estimate of drug-likeness (QED) is 0.887. The summed E-state index contributed by atoms with van der Waals surface area (Å²) >= 11 is 0. The normalized spacial score (nSPS) is 22.4. The summed E-state index contributed by atoms with van der Waals surface area (Å²) in [6.07, 6.45) is 0.205. The molecule has 1 atom stereocenters. The van der Waals surface area contributed by atoms with Gasteiger partial charge in [-0.1, -0.05) is 0 Å². The molecular weight excluding hydrogens is 240 g/mol. The van der Waals surface area contributed by atoms with Crippen LogP contribution in [0.3, 0.4) is 0 Å². The predicted octanol–water partition coefficient (Wildman–Crippen LogP) is 2.14. The van der Waals surface area contributed by atoms with Gasteiger partial charge in [0.05, 0.1) is 11.7 Å². The topological polar surface area (TPSA) is 50.3 Å². The van der Waals surface area contributed by atoms with Crippen LogP contribution in [0.4, 0.5) is 11.6 Å². The van der Waals surface area contributed by atoms with Crippen molar-refractivity contribution in [3.05, 3.63) is 11.4 Å². The standard InChI is InChI=1S/C14H24N4O/c1-9-7-18(8-14(4,5)19-9)13-10(2)12(15-6)16-11(3)17-13/h9H,7-8H2,1-6H3,(H,15,16,17). The first-order chi connectivity index (χ1) is 8.82. The maximum Gasteiger partial charge on any atom is 0.137 e. The van der Waals surface area contributed by atoms with Crippen LogP contribution in [0.1, 0.15) is 32.2 Å². The molecule has 1 fully saturated rings. The third-order valence-electron chi connectivity index (χ3n) is 3.34. The van der Waals surface area contributed by atoms with E-state index in [9.17, 15) is 0 Å². The largest absolute Gasteiger partial charge is 0.373 e. The minimum absolute atomic E-state index is 0.150. The minimum Gasteiger partial charge on any atom is -0.373 e. The zero-order valence-electron chi connectivity index (χ0n) is 12.7. The van der Waals surface area contributed by atoms with Crippen LogP contribution in [0.2, 0.25) is 0 Å². The fourth-order valence-corrected chi connectivity index (χ4v) is 2.78. The van der Waals surface area contributed by atoms with Gasteiger partial charge in [0.2, 0.25) is 0 Å². The molecule has 0 spiro atoms. The average Bonchev–Trinajstić information content (AvgIpc) is 2.29. The molecule has 0 radical (unpaired) electrons. The Kier molecular flexibility index (Phi) is 3.67. The molecule has 19 heavy (non-hydrogen) atoms. The molecule has 0 aliphatic carbocycles. The van der Waals surface area contributed by atoms with Crippen molar-refractivity contribution in [3.8, 4) is 0 Å². The summed E-state index contributed by atoms with van der Waals surface area (Å²) in [5.41, 5.74) is 0.945. The van der Waals surface area contributed by atoms with E-state index in [-0.39, 0.29) is 11.7 Å². The second-order valence-electron chi connectivity index (χ2n) is 5.89. The Morgan fingerprint density at radius 1 is 1.32 bits per heavy atom. The van der Waals surface area contributed by atoms with Gasteiger partial charge in [-0.2, -0.15) is 0 Å². The Hall–Kier alpha value is -1.36. The smallest absolute Gasteiger partial charge is 0.137 e. The third kappa shape index (κ3) is 2.97. The summed E-state index contributed by atoms with van der Waals surface area (Å²) in [6.45, 7) is 12.1. The van der Waals surface area contributed by atoms with Crippen molar-refractivity contribution in [1.29, 1.82) is 0 Å². The molecule has 0 aromatic carbocycles. The molecule has 0 bridgehead atoms. The minimum atomic E-state index is -0.150. The number of rotatable bonds is 2. The van der Waals surface area contributed by atoms with Gasteiger partial charge in [0.25, 0.3) is 0 Å². The van der Waals surface area contributed by atoms with Crippen LogP contribution in [0.15, 0.2) is 0 Å². The number of anilines is 2. The molecule has 5 heteroatoms. The number of nitrogens with zero attached hydrogens (tertiary/aromatic N) is 3. The van der Waals surface area contributed by atoms with Gasteiger partial charge in [0, 0.05) is 25.7 Å². The van der Waals surface area contributed by atoms with Crippen LogP contribution >= 0.6 is 0 Å². The summed E-state index contributed by atoms with van der Waals surface area (Å²) in [6, 6.07) is 0. The molecule has 5 nitrogen and oxygen atoms in total. The second kappa shape index (κ2) is 4.96. The van der Waals surface area contributed by atoms with E-state index >= 15 is 0 Å². The summed E-state index contributed by atoms with van der Waals surface area (Å²) in [4.78, 5) is 11.4. The molecule has 1 aliphatic heterocycles. The molecule has 1 aromatic rings. The van der Waals surface area contributed by atoms with E-state index in [0.717, 1.165) is 36.1 Å². The van der Waals surface area contributed by atoms with Crippen molar-refractivity contribution in [1.82, 2.24) is 9.97 Å². The van der Waals surface area contributed by atoms with Crippen molar-refractivity contribution in [2.75, 3.05) is 30.4 Å². The zero-order valence-corrected chi connectivity index (χ0v) is 12.7. The Morgan fingerprint density at radius 2 is 2.00 bits per heavy atom. The summed E-state index contributed by atoms with van der Waals surface area (Å²) in [5.74, 6) is 2.71. The van der Waals surface area contributed by atoms with E-state index in [2.05, 4.69) is 47.9 Å². The molecule has 1 aliphatic rings. The highest BCUT2D eigenvalue weighted by Gasteiger charge is 2.33. The molecule has 106 valence electrons. The Morgan fingerprint density at radius 3 is 2.58 bits per heavy atom. The molecular formula is C14H24N4O. The Bertz CT molecular complexity index is 473. The van der Waals surface area contributed by atoms with Crippen LogP contribution in [-0.2, 0) is 4.74 Å². The molecule has 2 rings (SSSR count). The fourth-order valence-electron chi connectivity index (χ4n) is 2.78. The van der Waals surface area contributed by atoms with E-state index in [1.165, 1.54) is 0 Å². The first-order valence-electron chi connectivity index (χ1n) is 6.78. The van der Waals surface area contributed by atoms with E-state index in [0.29, 0.717) is 0 Å². The highest BCUT2D eigenvalue weighted by molar-refractivity contribution is 5.58. The van der Waals surface area contributed by atoms with E-state index in [1.807, 2.05) is 14.0 Å². The Labute approximate surface area is 115 Å². The number of hydrogen-bond donors (Lipinski definition) is 1. The van der Waals surface area contributed by atoms with E-state index in [1.54, 1.807) is 0 Å². The lowest BCUT2D eigenvalue weighted by atomic mass is 10.1. The van der Waals surface area contributed by atoms with Crippen molar-refractivity contribution in [2.24, 2.45) is 0 Å². The SMILES string of the molecule is CNc1nc(C)nc(N2CC(C)OC(C)(C)C2)c1C. The molecule has 1 saturated heterocycles. The number of morpholine rings is 1. The monoisotopic (exact) mass is 264 g/mol. The van der Waals surface area contributed by atoms with Crippen molar-refractivity contribution >= 4 is 11.6 Å². The number of nitrogens with one attached hydrogen (secondary N) is 1. The molecule has 0 saturated carbocycles. The fraction of sp³-hybridized carbons (Fsp3) is 0.714. The highest BCUT2D eigenvalue weighted by Crippen LogP contribution is 2.29. The molecule has 0 amide bonds. The number of ether oxygens (including phenoxy) is 1. The van der Waals surface area contributed by atoms with Crippen molar-refractivity contribution < 1.29 is 4.74 Å². The maximum absolute atomic E-state index is 5.95. The van der Waals surface area contributed by atoms with Crippen LogP contribution < -0.4 is 10.2 Å². The molecule has 1 aromatic heterocycles. The summed E-state index contributed by atoms with van der Waals surface area (Å²) in [5, 5.41) is 3.14. The van der Waals surface area contributed by atoms with E-state index < -0.39 is 0 Å². The summed E-state index contributed by atoms with van der Waals surface area (Å²) < 4.78 is 5.95. The maximum atomic E-state index is 5.95. The first-order valence-corrected chi connectivity index (χ1v) is 6.78. The predicted molar refractivity (Wildman–Crippen MR) is 77.9 cm³/mol.